The van der Waals surface area contributed by atoms with Gasteiger partial charge < -0.3 is 9.84 Å². The van der Waals surface area contributed by atoms with Crippen molar-refractivity contribution in [1.82, 2.24) is 0 Å². The molecule has 1 saturated carbocycles. The molecule has 18 heavy (non-hydrogen) atoms. The zero-order chi connectivity index (χ0) is 12.8. The van der Waals surface area contributed by atoms with Crippen molar-refractivity contribution in [3.8, 4) is 5.75 Å². The molecule has 1 aliphatic carbocycles. The normalized spacial score (nSPS) is 16.8. The van der Waals surface area contributed by atoms with Gasteiger partial charge in [-0.05, 0) is 41.8 Å². The minimum Gasteiger partial charge on any atom is -0.496 e. The molecule has 0 aromatic heterocycles. The van der Waals surface area contributed by atoms with Crippen LogP contribution in [0.25, 0.3) is 10.8 Å². The maximum Gasteiger partial charge on any atom is 0.122 e. The smallest absolute Gasteiger partial charge is 0.122 e. The summed E-state index contributed by atoms with van der Waals surface area (Å²) in [5, 5.41) is 12.5. The highest BCUT2D eigenvalue weighted by Gasteiger charge is 2.41. The van der Waals surface area contributed by atoms with E-state index in [1.807, 2.05) is 12.1 Å². The van der Waals surface area contributed by atoms with Crippen LogP contribution in [0, 0.1) is 0 Å². The topological polar surface area (TPSA) is 29.5 Å². The fourth-order valence-corrected chi connectivity index (χ4v) is 2.75. The lowest BCUT2D eigenvalue weighted by Crippen LogP contribution is -2.12. The van der Waals surface area contributed by atoms with Crippen LogP contribution in [0.4, 0.5) is 0 Å². The number of aliphatic hydroxyl groups is 1. The lowest BCUT2D eigenvalue weighted by Gasteiger charge is -2.15. The Morgan fingerprint density at radius 2 is 2.06 bits per heavy atom. The molecule has 0 bridgehead atoms. The Balaban J connectivity index is 2.17. The molecule has 2 aromatic rings. The summed E-state index contributed by atoms with van der Waals surface area (Å²) in [7, 11) is 1.68. The quantitative estimate of drug-likeness (QED) is 0.937. The predicted octanol–water partition coefficient (Wildman–Crippen LogP) is 3.68. The number of benzene rings is 2. The van der Waals surface area contributed by atoms with E-state index >= 15 is 0 Å². The zero-order valence-electron chi connectivity index (χ0n) is 10.2. The van der Waals surface area contributed by atoms with E-state index in [9.17, 15) is 5.11 Å². The molecule has 1 fully saturated rings. The van der Waals surface area contributed by atoms with Crippen LogP contribution in [0.3, 0.4) is 0 Å². The minimum atomic E-state index is -0.505. The first-order valence-electron chi connectivity index (χ1n) is 6.09. The predicted molar refractivity (Wildman–Crippen MR) is 76.1 cm³/mol. The van der Waals surface area contributed by atoms with Gasteiger partial charge in [-0.3, -0.25) is 0 Å². The number of rotatable bonds is 3. The number of ether oxygens (including phenoxy) is 1. The lowest BCUT2D eigenvalue weighted by molar-refractivity contribution is 0.150. The molecule has 94 valence electrons. The summed E-state index contributed by atoms with van der Waals surface area (Å²) in [6.07, 6.45) is 2.46. The second kappa shape index (κ2) is 4.25. The Labute approximate surface area is 115 Å². The van der Waals surface area contributed by atoms with E-state index in [1.54, 1.807) is 7.11 Å². The third kappa shape index (κ3) is 2.13. The summed E-state index contributed by atoms with van der Waals surface area (Å²) < 4.78 is 6.50. The molecule has 0 atom stereocenters. The highest BCUT2D eigenvalue weighted by Crippen LogP contribution is 2.42. The maximum atomic E-state index is 10.2. The molecule has 0 radical (unpaired) electrons. The number of fused-ring (bicyclic) bond motifs is 1. The molecule has 2 nitrogen and oxygen atoms in total. The van der Waals surface area contributed by atoms with Crippen molar-refractivity contribution >= 4 is 26.7 Å². The fourth-order valence-electron chi connectivity index (χ4n) is 2.37. The minimum absolute atomic E-state index is 0.505. The van der Waals surface area contributed by atoms with Gasteiger partial charge in [-0.2, -0.15) is 0 Å². The number of hydrogen-bond donors (Lipinski definition) is 1. The fraction of sp³-hybridized carbons (Fsp3) is 0.333. The molecule has 1 N–H and O–H groups in total. The van der Waals surface area contributed by atoms with Crippen LogP contribution in [0.5, 0.6) is 5.75 Å². The van der Waals surface area contributed by atoms with Gasteiger partial charge in [-0.25, -0.2) is 0 Å². The zero-order valence-corrected chi connectivity index (χ0v) is 11.8. The van der Waals surface area contributed by atoms with E-state index in [4.69, 9.17) is 4.74 Å². The maximum absolute atomic E-state index is 10.2. The molecule has 2 aromatic carbocycles. The van der Waals surface area contributed by atoms with Crippen LogP contribution in [-0.2, 0) is 6.42 Å². The van der Waals surface area contributed by atoms with Crippen molar-refractivity contribution < 1.29 is 9.84 Å². The van der Waals surface area contributed by atoms with Gasteiger partial charge in [0.05, 0.1) is 12.7 Å². The van der Waals surface area contributed by atoms with E-state index in [2.05, 4.69) is 34.1 Å². The average Bonchev–Trinajstić information content (AvgIpc) is 3.07. The first kappa shape index (κ1) is 12.0. The molecule has 0 saturated heterocycles. The van der Waals surface area contributed by atoms with Crippen LogP contribution >= 0.6 is 15.9 Å². The van der Waals surface area contributed by atoms with Crippen molar-refractivity contribution in [3.63, 3.8) is 0 Å². The van der Waals surface area contributed by atoms with E-state index in [-0.39, 0.29) is 0 Å². The van der Waals surface area contributed by atoms with E-state index in [1.165, 1.54) is 5.39 Å². The summed E-state index contributed by atoms with van der Waals surface area (Å²) >= 11 is 3.49. The van der Waals surface area contributed by atoms with E-state index < -0.39 is 5.60 Å². The molecule has 3 heteroatoms. The summed E-state index contributed by atoms with van der Waals surface area (Å²) in [5.74, 6) is 0.866. The molecule has 0 amide bonds. The number of hydrogen-bond acceptors (Lipinski definition) is 2. The number of methoxy groups -OCH3 is 1. The second-order valence-electron chi connectivity index (χ2n) is 5.01. The highest BCUT2D eigenvalue weighted by molar-refractivity contribution is 9.10. The SMILES string of the molecule is COc1ccc2cc(Br)ccc2c1CC1(O)CC1. The average molecular weight is 307 g/mol. The van der Waals surface area contributed by atoms with Crippen molar-refractivity contribution in [3.05, 3.63) is 40.4 Å². The van der Waals surface area contributed by atoms with Gasteiger partial charge in [0.25, 0.3) is 0 Å². The Bertz CT molecular complexity index is 603. The Hall–Kier alpha value is -1.06. The molecule has 0 aliphatic heterocycles. The third-order valence-electron chi connectivity index (χ3n) is 3.60. The highest BCUT2D eigenvalue weighted by atomic mass is 79.9. The Morgan fingerprint density at radius 3 is 2.72 bits per heavy atom. The van der Waals surface area contributed by atoms with Crippen LogP contribution < -0.4 is 4.74 Å². The Morgan fingerprint density at radius 1 is 1.28 bits per heavy atom. The summed E-state index contributed by atoms with van der Waals surface area (Å²) in [6, 6.07) is 10.2. The summed E-state index contributed by atoms with van der Waals surface area (Å²) in [5.41, 5.74) is 0.608. The van der Waals surface area contributed by atoms with Gasteiger partial charge in [0, 0.05) is 16.5 Å². The van der Waals surface area contributed by atoms with E-state index in [0.717, 1.165) is 34.0 Å². The van der Waals surface area contributed by atoms with Crippen LogP contribution in [0.2, 0.25) is 0 Å². The second-order valence-corrected chi connectivity index (χ2v) is 5.93. The molecule has 1 aliphatic rings. The summed E-state index contributed by atoms with van der Waals surface area (Å²) in [4.78, 5) is 0. The van der Waals surface area contributed by atoms with Gasteiger partial charge in [0.15, 0.2) is 0 Å². The lowest BCUT2D eigenvalue weighted by atomic mass is 9.98. The van der Waals surface area contributed by atoms with Crippen LogP contribution in [-0.4, -0.2) is 17.8 Å². The molecular weight excluding hydrogens is 292 g/mol. The van der Waals surface area contributed by atoms with Crippen molar-refractivity contribution in [1.29, 1.82) is 0 Å². The Kier molecular flexibility index (Phi) is 2.83. The van der Waals surface area contributed by atoms with Gasteiger partial charge in [-0.15, -0.1) is 0 Å². The first-order valence-corrected chi connectivity index (χ1v) is 6.88. The summed E-state index contributed by atoms with van der Waals surface area (Å²) in [6.45, 7) is 0. The van der Waals surface area contributed by atoms with E-state index in [0.29, 0.717) is 6.42 Å². The van der Waals surface area contributed by atoms with Crippen LogP contribution in [0.1, 0.15) is 18.4 Å². The van der Waals surface area contributed by atoms with Gasteiger partial charge >= 0.3 is 0 Å². The monoisotopic (exact) mass is 306 g/mol. The van der Waals surface area contributed by atoms with Gasteiger partial charge in [0.2, 0.25) is 0 Å². The van der Waals surface area contributed by atoms with Gasteiger partial charge in [0.1, 0.15) is 5.75 Å². The standard InChI is InChI=1S/C15H15BrO2/c1-18-14-5-2-10-8-11(16)3-4-12(10)13(14)9-15(17)6-7-15/h2-5,8,17H,6-7,9H2,1H3. The molecule has 0 spiro atoms. The van der Waals surface area contributed by atoms with Crippen molar-refractivity contribution in [2.24, 2.45) is 0 Å². The van der Waals surface area contributed by atoms with Crippen molar-refractivity contribution in [2.45, 2.75) is 24.9 Å². The molecular formula is C15H15BrO2. The molecule has 3 rings (SSSR count). The van der Waals surface area contributed by atoms with Crippen molar-refractivity contribution in [2.75, 3.05) is 7.11 Å². The molecule has 0 unspecified atom stereocenters. The van der Waals surface area contributed by atoms with Gasteiger partial charge in [-0.1, -0.05) is 28.1 Å². The van der Waals surface area contributed by atoms with Crippen LogP contribution in [0.15, 0.2) is 34.8 Å². The largest absolute Gasteiger partial charge is 0.496 e. The third-order valence-corrected chi connectivity index (χ3v) is 4.10. The first-order chi connectivity index (χ1) is 8.61. The molecule has 0 heterocycles. The number of halogens is 1.